The van der Waals surface area contributed by atoms with E-state index in [1.807, 2.05) is 37.3 Å². The molecule has 0 aliphatic carbocycles. The van der Waals surface area contributed by atoms with Crippen molar-refractivity contribution in [3.05, 3.63) is 42.2 Å². The predicted molar refractivity (Wildman–Crippen MR) is 86.1 cm³/mol. The van der Waals surface area contributed by atoms with Crippen LogP contribution >= 0.6 is 0 Å². The number of ether oxygens (including phenoxy) is 2. The van der Waals surface area contributed by atoms with E-state index in [1.54, 1.807) is 17.9 Å². The molecule has 0 radical (unpaired) electrons. The Morgan fingerprint density at radius 2 is 2.09 bits per heavy atom. The molecule has 1 aromatic carbocycles. The summed E-state index contributed by atoms with van der Waals surface area (Å²) in [6, 6.07) is 9.92. The second-order valence-corrected chi connectivity index (χ2v) is 4.95. The monoisotopic (exact) mass is 318 g/mol. The van der Waals surface area contributed by atoms with E-state index in [-0.39, 0.29) is 11.9 Å². The van der Waals surface area contributed by atoms with E-state index in [9.17, 15) is 4.79 Å². The molecule has 0 bridgehead atoms. The molecule has 7 heteroatoms. The van der Waals surface area contributed by atoms with Crippen LogP contribution in [-0.4, -0.2) is 46.6 Å². The molecule has 0 spiro atoms. The molecule has 7 nitrogen and oxygen atoms in total. The summed E-state index contributed by atoms with van der Waals surface area (Å²) in [4.78, 5) is 16.1. The number of hydrogen-bond donors (Lipinski definition) is 1. The molecular formula is C16H22N4O3. The van der Waals surface area contributed by atoms with Crippen molar-refractivity contribution >= 4 is 11.9 Å². The van der Waals surface area contributed by atoms with Crippen LogP contribution in [0, 0.1) is 0 Å². The topological polar surface area (TPSA) is 78.3 Å². The second-order valence-electron chi connectivity index (χ2n) is 4.95. The third kappa shape index (κ3) is 5.80. The Balaban J connectivity index is 1.80. The minimum Gasteiger partial charge on any atom is -0.379 e. The summed E-state index contributed by atoms with van der Waals surface area (Å²) in [7, 11) is 0. The number of benzene rings is 1. The lowest BCUT2D eigenvalue weighted by Crippen LogP contribution is -2.29. The first-order valence-corrected chi connectivity index (χ1v) is 7.62. The zero-order chi connectivity index (χ0) is 16.5. The zero-order valence-corrected chi connectivity index (χ0v) is 13.4. The Bertz CT molecular complexity index is 600. The number of carbonyl (C=O) groups excluding carboxylic acids is 1. The van der Waals surface area contributed by atoms with Crippen LogP contribution in [0.4, 0.5) is 5.95 Å². The van der Waals surface area contributed by atoms with Gasteiger partial charge >= 0.3 is 0 Å². The highest BCUT2D eigenvalue weighted by atomic mass is 16.5. The van der Waals surface area contributed by atoms with Gasteiger partial charge in [-0.2, -0.15) is 0 Å². The molecule has 0 unspecified atom stereocenters. The van der Waals surface area contributed by atoms with Gasteiger partial charge in [0.15, 0.2) is 0 Å². The van der Waals surface area contributed by atoms with Crippen molar-refractivity contribution in [3.8, 4) is 0 Å². The Morgan fingerprint density at radius 1 is 1.30 bits per heavy atom. The first-order valence-electron chi connectivity index (χ1n) is 7.62. The van der Waals surface area contributed by atoms with Gasteiger partial charge in [-0.25, -0.2) is 9.67 Å². The summed E-state index contributed by atoms with van der Waals surface area (Å²) in [6.07, 6.45) is 1.000. The fourth-order valence-electron chi connectivity index (χ4n) is 1.91. The van der Waals surface area contributed by atoms with E-state index in [1.165, 1.54) is 0 Å². The molecule has 1 heterocycles. The number of rotatable bonds is 9. The van der Waals surface area contributed by atoms with Crippen molar-refractivity contribution in [2.75, 3.05) is 25.1 Å². The number of amides is 1. The van der Waals surface area contributed by atoms with Gasteiger partial charge in [0.05, 0.1) is 19.8 Å². The fraction of sp³-hybridized carbons (Fsp3) is 0.438. The number of hydrogen-bond acceptors (Lipinski definition) is 5. The number of anilines is 1. The van der Waals surface area contributed by atoms with Gasteiger partial charge in [-0.05, 0) is 19.4 Å². The maximum absolute atomic E-state index is 12.0. The number of nitrogens with zero attached hydrogens (tertiary/aromatic N) is 3. The van der Waals surface area contributed by atoms with Gasteiger partial charge in [0.2, 0.25) is 5.95 Å². The highest BCUT2D eigenvalue weighted by Crippen LogP contribution is 2.04. The van der Waals surface area contributed by atoms with Crippen molar-refractivity contribution in [2.24, 2.45) is 0 Å². The quantitative estimate of drug-likeness (QED) is 0.712. The number of carbonyl (C=O) groups is 1. The Labute approximate surface area is 135 Å². The maximum atomic E-state index is 12.0. The van der Waals surface area contributed by atoms with Crippen molar-refractivity contribution < 1.29 is 14.3 Å². The molecule has 0 fully saturated rings. The summed E-state index contributed by atoms with van der Waals surface area (Å²) < 4.78 is 12.2. The van der Waals surface area contributed by atoms with Crippen LogP contribution in [0.1, 0.15) is 19.4 Å². The molecule has 1 N–H and O–H groups in total. The third-order valence-electron chi connectivity index (χ3n) is 3.13. The van der Waals surface area contributed by atoms with Gasteiger partial charge in [0.1, 0.15) is 12.4 Å². The van der Waals surface area contributed by atoms with E-state index in [0.717, 1.165) is 5.56 Å². The van der Waals surface area contributed by atoms with E-state index >= 15 is 0 Å². The van der Waals surface area contributed by atoms with E-state index in [2.05, 4.69) is 15.4 Å². The smallest absolute Gasteiger partial charge is 0.255 e. The van der Waals surface area contributed by atoms with Crippen molar-refractivity contribution in [1.29, 1.82) is 0 Å². The molecule has 1 aromatic heterocycles. The van der Waals surface area contributed by atoms with Crippen LogP contribution < -0.4 is 5.32 Å². The highest BCUT2D eigenvalue weighted by molar-refractivity contribution is 5.92. The largest absolute Gasteiger partial charge is 0.379 e. The van der Waals surface area contributed by atoms with E-state index in [0.29, 0.717) is 26.4 Å². The average molecular weight is 318 g/mol. The van der Waals surface area contributed by atoms with Crippen LogP contribution in [0.5, 0.6) is 0 Å². The average Bonchev–Trinajstić information content (AvgIpc) is 2.99. The highest BCUT2D eigenvalue weighted by Gasteiger charge is 2.15. The Hall–Kier alpha value is -2.25. The van der Waals surface area contributed by atoms with E-state index < -0.39 is 6.10 Å². The summed E-state index contributed by atoms with van der Waals surface area (Å²) in [5, 5.41) is 6.87. The SMILES string of the molecule is CCOCCO[C@H](C)C(=O)Nc1ncn(Cc2ccccc2)n1. The van der Waals surface area contributed by atoms with Crippen LogP contribution in [0.3, 0.4) is 0 Å². The molecule has 124 valence electrons. The Kier molecular flexibility index (Phi) is 6.71. The van der Waals surface area contributed by atoms with Crippen LogP contribution in [0.15, 0.2) is 36.7 Å². The molecule has 1 atom stereocenters. The molecule has 0 saturated carbocycles. The lowest BCUT2D eigenvalue weighted by atomic mass is 10.2. The minimum atomic E-state index is -0.587. The first kappa shape index (κ1) is 17.1. The van der Waals surface area contributed by atoms with Gasteiger partial charge in [-0.3, -0.25) is 10.1 Å². The summed E-state index contributed by atoms with van der Waals surface area (Å²) in [5.41, 5.74) is 1.11. The van der Waals surface area contributed by atoms with Crippen molar-refractivity contribution in [2.45, 2.75) is 26.5 Å². The molecule has 0 aliphatic heterocycles. The zero-order valence-electron chi connectivity index (χ0n) is 13.4. The van der Waals surface area contributed by atoms with Crippen LogP contribution in [-0.2, 0) is 20.8 Å². The standard InChI is InChI=1S/C16H22N4O3/c1-3-22-9-10-23-13(2)15(21)18-16-17-12-20(19-16)11-14-7-5-4-6-8-14/h4-8,12-13H,3,9-11H2,1-2H3,(H,18,19,21)/t13-/m1/s1. The van der Waals surface area contributed by atoms with Crippen LogP contribution in [0.25, 0.3) is 0 Å². The maximum Gasteiger partial charge on any atom is 0.255 e. The number of nitrogens with one attached hydrogen (secondary N) is 1. The van der Waals surface area contributed by atoms with Crippen LogP contribution in [0.2, 0.25) is 0 Å². The van der Waals surface area contributed by atoms with Gasteiger partial charge in [0.25, 0.3) is 5.91 Å². The summed E-state index contributed by atoms with van der Waals surface area (Å²) in [5.74, 6) is -0.00912. The molecule has 0 aliphatic rings. The second kappa shape index (κ2) is 9.02. The molecule has 2 aromatic rings. The molecule has 0 saturated heterocycles. The summed E-state index contributed by atoms with van der Waals surface area (Å²) in [6.45, 7) is 5.67. The van der Waals surface area contributed by atoms with Gasteiger partial charge in [-0.1, -0.05) is 30.3 Å². The lowest BCUT2D eigenvalue weighted by molar-refractivity contribution is -0.127. The normalized spacial score (nSPS) is 12.1. The van der Waals surface area contributed by atoms with Crippen molar-refractivity contribution in [1.82, 2.24) is 14.8 Å². The van der Waals surface area contributed by atoms with Gasteiger partial charge in [-0.15, -0.1) is 5.10 Å². The summed E-state index contributed by atoms with van der Waals surface area (Å²) >= 11 is 0. The van der Waals surface area contributed by atoms with Gasteiger partial charge < -0.3 is 9.47 Å². The Morgan fingerprint density at radius 3 is 2.83 bits per heavy atom. The predicted octanol–water partition coefficient (Wildman–Crippen LogP) is 1.71. The lowest BCUT2D eigenvalue weighted by Gasteiger charge is -2.11. The molecular weight excluding hydrogens is 296 g/mol. The number of aromatic nitrogens is 3. The van der Waals surface area contributed by atoms with Gasteiger partial charge in [0, 0.05) is 6.61 Å². The first-order chi connectivity index (χ1) is 11.2. The molecule has 23 heavy (non-hydrogen) atoms. The molecule has 2 rings (SSSR count). The third-order valence-corrected chi connectivity index (χ3v) is 3.13. The molecule has 1 amide bonds. The van der Waals surface area contributed by atoms with Crippen molar-refractivity contribution in [3.63, 3.8) is 0 Å². The minimum absolute atomic E-state index is 0.270. The fourth-order valence-corrected chi connectivity index (χ4v) is 1.91. The van der Waals surface area contributed by atoms with E-state index in [4.69, 9.17) is 9.47 Å².